The Bertz CT molecular complexity index is 994. The molecule has 0 atom stereocenters. The van der Waals surface area contributed by atoms with Crippen LogP contribution in [0, 0.1) is 6.92 Å². The molecular formula is C22H22Cl2N2O2. The monoisotopic (exact) mass is 416 g/mol. The molecule has 0 spiro atoms. The summed E-state index contributed by atoms with van der Waals surface area (Å²) in [5, 5.41) is 3.96. The highest BCUT2D eigenvalue weighted by Gasteiger charge is 2.16. The third-order valence-electron chi connectivity index (χ3n) is 4.61. The number of halogens is 2. The molecule has 0 bridgehead atoms. The van der Waals surface area contributed by atoms with Crippen molar-refractivity contribution in [3.8, 4) is 11.3 Å². The number of benzene rings is 2. The van der Waals surface area contributed by atoms with Gasteiger partial charge in [-0.05, 0) is 74.9 Å². The summed E-state index contributed by atoms with van der Waals surface area (Å²) in [6.45, 7) is 8.08. The number of carbonyl (C=O) groups is 1. The van der Waals surface area contributed by atoms with Crippen molar-refractivity contribution in [3.05, 3.63) is 69.9 Å². The molecule has 3 rings (SSSR count). The lowest BCUT2D eigenvalue weighted by Gasteiger charge is -2.22. The first kappa shape index (κ1) is 20.3. The zero-order valence-electron chi connectivity index (χ0n) is 16.1. The second kappa shape index (κ2) is 8.72. The standard InChI is InChI=1S/C22H22Cl2N2O2/c1-4-26(5-2)16-7-9-19(14(3)12-16)25-22(27)21-11-10-20(28-21)17-13-15(23)6-8-18(17)24/h6-13H,4-5H2,1-3H3,(H,25,27). The summed E-state index contributed by atoms with van der Waals surface area (Å²) >= 11 is 12.2. The molecule has 2 aromatic carbocycles. The van der Waals surface area contributed by atoms with E-state index >= 15 is 0 Å². The fraction of sp³-hybridized carbons (Fsp3) is 0.227. The first-order valence-corrected chi connectivity index (χ1v) is 9.90. The molecule has 0 saturated carbocycles. The molecule has 4 nitrogen and oxygen atoms in total. The van der Waals surface area contributed by atoms with Crippen LogP contribution >= 0.6 is 23.2 Å². The van der Waals surface area contributed by atoms with Crippen molar-refractivity contribution in [2.75, 3.05) is 23.3 Å². The van der Waals surface area contributed by atoms with E-state index in [1.54, 1.807) is 30.3 Å². The Morgan fingerprint density at radius 1 is 1.04 bits per heavy atom. The van der Waals surface area contributed by atoms with E-state index in [4.69, 9.17) is 27.6 Å². The van der Waals surface area contributed by atoms with Crippen molar-refractivity contribution in [3.63, 3.8) is 0 Å². The number of hydrogen-bond acceptors (Lipinski definition) is 3. The van der Waals surface area contributed by atoms with Crippen LogP contribution in [0.5, 0.6) is 0 Å². The van der Waals surface area contributed by atoms with E-state index in [9.17, 15) is 4.79 Å². The summed E-state index contributed by atoms with van der Waals surface area (Å²) in [5.41, 5.74) is 3.52. The molecule has 146 valence electrons. The van der Waals surface area contributed by atoms with Crippen molar-refractivity contribution in [2.24, 2.45) is 0 Å². The first-order chi connectivity index (χ1) is 13.4. The SMILES string of the molecule is CCN(CC)c1ccc(NC(=O)c2ccc(-c3cc(Cl)ccc3Cl)o2)c(C)c1. The summed E-state index contributed by atoms with van der Waals surface area (Å²) < 4.78 is 5.71. The predicted octanol–water partition coefficient (Wildman–Crippen LogP) is 6.66. The van der Waals surface area contributed by atoms with Gasteiger partial charge in [-0.15, -0.1) is 0 Å². The number of aryl methyl sites for hydroxylation is 1. The molecule has 0 unspecified atom stereocenters. The molecule has 1 aromatic heterocycles. The summed E-state index contributed by atoms with van der Waals surface area (Å²) in [4.78, 5) is 14.9. The van der Waals surface area contributed by atoms with E-state index in [-0.39, 0.29) is 11.7 Å². The molecule has 6 heteroatoms. The van der Waals surface area contributed by atoms with E-state index in [1.165, 1.54) is 0 Å². The average Bonchev–Trinajstić information content (AvgIpc) is 3.17. The van der Waals surface area contributed by atoms with Gasteiger partial charge in [0.05, 0.1) is 5.02 Å². The van der Waals surface area contributed by atoms with Gasteiger partial charge in [0.1, 0.15) is 5.76 Å². The third kappa shape index (κ3) is 4.34. The van der Waals surface area contributed by atoms with Gasteiger partial charge in [0.15, 0.2) is 5.76 Å². The van der Waals surface area contributed by atoms with Crippen LogP contribution in [-0.2, 0) is 0 Å². The zero-order chi connectivity index (χ0) is 20.3. The predicted molar refractivity (Wildman–Crippen MR) is 117 cm³/mol. The van der Waals surface area contributed by atoms with Crippen LogP contribution in [0.1, 0.15) is 30.0 Å². The van der Waals surface area contributed by atoms with Crippen LogP contribution in [0.3, 0.4) is 0 Å². The molecule has 0 aliphatic rings. The summed E-state index contributed by atoms with van der Waals surface area (Å²) in [6, 6.07) is 14.4. The van der Waals surface area contributed by atoms with Crippen molar-refractivity contribution in [1.29, 1.82) is 0 Å². The molecule has 0 saturated heterocycles. The highest BCUT2D eigenvalue weighted by Crippen LogP contribution is 2.32. The number of carbonyl (C=O) groups excluding carboxylic acids is 1. The minimum absolute atomic E-state index is 0.207. The quantitative estimate of drug-likeness (QED) is 0.488. The van der Waals surface area contributed by atoms with Gasteiger partial charge in [-0.3, -0.25) is 4.79 Å². The average molecular weight is 417 g/mol. The number of amides is 1. The Hall–Kier alpha value is -2.43. The maximum absolute atomic E-state index is 12.6. The van der Waals surface area contributed by atoms with Crippen LogP contribution in [0.25, 0.3) is 11.3 Å². The molecule has 0 fully saturated rings. The fourth-order valence-electron chi connectivity index (χ4n) is 3.05. The Kier molecular flexibility index (Phi) is 6.32. The Morgan fingerprint density at radius 3 is 2.46 bits per heavy atom. The maximum Gasteiger partial charge on any atom is 0.291 e. The molecular weight excluding hydrogens is 395 g/mol. The van der Waals surface area contributed by atoms with Crippen LogP contribution in [0.15, 0.2) is 52.9 Å². The van der Waals surface area contributed by atoms with Crippen molar-refractivity contribution < 1.29 is 9.21 Å². The minimum atomic E-state index is -0.317. The van der Waals surface area contributed by atoms with Crippen LogP contribution in [-0.4, -0.2) is 19.0 Å². The molecule has 1 N–H and O–H groups in total. The number of hydrogen-bond donors (Lipinski definition) is 1. The molecule has 3 aromatic rings. The number of nitrogens with zero attached hydrogens (tertiary/aromatic N) is 1. The molecule has 28 heavy (non-hydrogen) atoms. The molecule has 0 aliphatic heterocycles. The van der Waals surface area contributed by atoms with E-state index in [0.717, 1.165) is 30.0 Å². The van der Waals surface area contributed by atoms with Crippen molar-refractivity contribution in [2.45, 2.75) is 20.8 Å². The van der Waals surface area contributed by atoms with Gasteiger partial charge in [-0.25, -0.2) is 0 Å². The van der Waals surface area contributed by atoms with Crippen molar-refractivity contribution in [1.82, 2.24) is 0 Å². The second-order valence-corrected chi connectivity index (χ2v) is 7.26. The first-order valence-electron chi connectivity index (χ1n) is 9.15. The summed E-state index contributed by atoms with van der Waals surface area (Å²) in [6.07, 6.45) is 0. The van der Waals surface area contributed by atoms with Gasteiger partial charge in [0.2, 0.25) is 0 Å². The van der Waals surface area contributed by atoms with E-state index in [0.29, 0.717) is 21.4 Å². The molecule has 0 radical (unpaired) electrons. The normalized spacial score (nSPS) is 10.8. The topological polar surface area (TPSA) is 45.5 Å². The van der Waals surface area contributed by atoms with Gasteiger partial charge < -0.3 is 14.6 Å². The van der Waals surface area contributed by atoms with E-state index in [2.05, 4.69) is 30.1 Å². The summed E-state index contributed by atoms with van der Waals surface area (Å²) in [5.74, 6) is 0.382. The number of furan rings is 1. The highest BCUT2D eigenvalue weighted by atomic mass is 35.5. The number of nitrogens with one attached hydrogen (secondary N) is 1. The largest absolute Gasteiger partial charge is 0.451 e. The van der Waals surface area contributed by atoms with Gasteiger partial charge in [-0.1, -0.05) is 23.2 Å². The second-order valence-electron chi connectivity index (χ2n) is 6.41. The van der Waals surface area contributed by atoms with Gasteiger partial charge in [0, 0.05) is 35.1 Å². The fourth-order valence-corrected chi connectivity index (χ4v) is 3.43. The lowest BCUT2D eigenvalue weighted by atomic mass is 10.1. The van der Waals surface area contributed by atoms with Gasteiger partial charge in [-0.2, -0.15) is 0 Å². The molecule has 1 amide bonds. The van der Waals surface area contributed by atoms with Crippen LogP contribution in [0.4, 0.5) is 11.4 Å². The van der Waals surface area contributed by atoms with Crippen molar-refractivity contribution >= 4 is 40.5 Å². The smallest absolute Gasteiger partial charge is 0.291 e. The Labute approximate surface area is 175 Å². The van der Waals surface area contributed by atoms with Crippen LogP contribution in [0.2, 0.25) is 10.0 Å². The highest BCUT2D eigenvalue weighted by molar-refractivity contribution is 6.35. The lowest BCUT2D eigenvalue weighted by Crippen LogP contribution is -2.22. The van der Waals surface area contributed by atoms with E-state index < -0.39 is 0 Å². The lowest BCUT2D eigenvalue weighted by molar-refractivity contribution is 0.0997. The minimum Gasteiger partial charge on any atom is -0.451 e. The Balaban J connectivity index is 1.79. The maximum atomic E-state index is 12.6. The van der Waals surface area contributed by atoms with Gasteiger partial charge >= 0.3 is 0 Å². The van der Waals surface area contributed by atoms with E-state index in [1.807, 2.05) is 19.1 Å². The zero-order valence-corrected chi connectivity index (χ0v) is 17.6. The molecule has 1 heterocycles. The summed E-state index contributed by atoms with van der Waals surface area (Å²) in [7, 11) is 0. The third-order valence-corrected chi connectivity index (χ3v) is 5.18. The van der Waals surface area contributed by atoms with Crippen LogP contribution < -0.4 is 10.2 Å². The Morgan fingerprint density at radius 2 is 1.79 bits per heavy atom. The van der Waals surface area contributed by atoms with Gasteiger partial charge in [0.25, 0.3) is 5.91 Å². The number of rotatable bonds is 6. The number of anilines is 2. The molecule has 0 aliphatic carbocycles.